The molecule has 0 saturated heterocycles. The molecule has 0 amide bonds. The van der Waals surface area contributed by atoms with Gasteiger partial charge in [-0.3, -0.25) is 0 Å². The molecule has 0 fully saturated rings. The van der Waals surface area contributed by atoms with Gasteiger partial charge in [-0.05, 0) is 33.6 Å². The first kappa shape index (κ1) is 12.0. The molecule has 0 unspecified atom stereocenters. The van der Waals surface area contributed by atoms with Crippen molar-refractivity contribution in [3.63, 3.8) is 0 Å². The van der Waals surface area contributed by atoms with E-state index in [1.54, 1.807) is 0 Å². The fraction of sp³-hybridized carbons (Fsp3) is 0.667. The minimum atomic E-state index is 0.132. The molecule has 84 valence electrons. The van der Waals surface area contributed by atoms with Gasteiger partial charge in [0.15, 0.2) is 0 Å². The van der Waals surface area contributed by atoms with Crippen LogP contribution in [0.15, 0.2) is 6.07 Å². The van der Waals surface area contributed by atoms with Crippen LogP contribution in [0, 0.1) is 13.8 Å². The second-order valence-electron chi connectivity index (χ2n) is 4.33. The summed E-state index contributed by atoms with van der Waals surface area (Å²) in [4.78, 5) is 8.66. The molecule has 3 nitrogen and oxygen atoms in total. The summed E-state index contributed by atoms with van der Waals surface area (Å²) < 4.78 is 0. The normalized spacial score (nSPS) is 11.5. The molecular formula is C12H21N3. The van der Waals surface area contributed by atoms with E-state index in [9.17, 15) is 0 Å². The van der Waals surface area contributed by atoms with E-state index in [4.69, 9.17) is 0 Å². The van der Waals surface area contributed by atoms with Crippen molar-refractivity contribution in [3.05, 3.63) is 17.6 Å². The van der Waals surface area contributed by atoms with Crippen molar-refractivity contribution in [2.75, 3.05) is 5.32 Å². The van der Waals surface area contributed by atoms with Crippen LogP contribution >= 0.6 is 0 Å². The Balaban J connectivity index is 2.88. The molecule has 0 atom stereocenters. The van der Waals surface area contributed by atoms with Crippen LogP contribution in [0.2, 0.25) is 0 Å². The van der Waals surface area contributed by atoms with Gasteiger partial charge >= 0.3 is 0 Å². The number of anilines is 1. The zero-order valence-electron chi connectivity index (χ0n) is 10.4. The molecule has 0 aromatic carbocycles. The summed E-state index contributed by atoms with van der Waals surface area (Å²) in [5.41, 5.74) is 1.15. The lowest BCUT2D eigenvalue weighted by atomic mass is 9.96. The predicted octanol–water partition coefficient (Wildman–Crippen LogP) is 3.08. The van der Waals surface area contributed by atoms with Gasteiger partial charge in [0, 0.05) is 17.3 Å². The standard InChI is InChI=1S/C12H21N3/c1-6-12(5,7-2)15-11-8-9(3)13-10(4)14-11/h8H,6-7H2,1-5H3,(H,13,14,15). The molecule has 0 aliphatic carbocycles. The number of hydrogen-bond acceptors (Lipinski definition) is 3. The molecule has 0 aliphatic rings. The first-order valence-corrected chi connectivity index (χ1v) is 5.59. The molecule has 15 heavy (non-hydrogen) atoms. The van der Waals surface area contributed by atoms with E-state index < -0.39 is 0 Å². The summed E-state index contributed by atoms with van der Waals surface area (Å²) >= 11 is 0. The maximum atomic E-state index is 4.39. The lowest BCUT2D eigenvalue weighted by molar-refractivity contribution is 0.476. The van der Waals surface area contributed by atoms with Gasteiger partial charge in [0.05, 0.1) is 0 Å². The first-order valence-electron chi connectivity index (χ1n) is 5.59. The highest BCUT2D eigenvalue weighted by molar-refractivity contribution is 5.38. The minimum absolute atomic E-state index is 0.132. The van der Waals surface area contributed by atoms with Crippen LogP contribution in [0.1, 0.15) is 45.1 Å². The molecule has 1 heterocycles. The minimum Gasteiger partial charge on any atom is -0.365 e. The van der Waals surface area contributed by atoms with Crippen LogP contribution in [0.5, 0.6) is 0 Å². The van der Waals surface area contributed by atoms with Crippen molar-refractivity contribution in [1.82, 2.24) is 9.97 Å². The Morgan fingerprint density at radius 2 is 1.80 bits per heavy atom. The average molecular weight is 207 g/mol. The summed E-state index contributed by atoms with van der Waals surface area (Å²) in [5, 5.41) is 3.49. The Kier molecular flexibility index (Phi) is 3.66. The van der Waals surface area contributed by atoms with E-state index >= 15 is 0 Å². The van der Waals surface area contributed by atoms with E-state index in [1.165, 1.54) is 0 Å². The molecule has 1 aromatic heterocycles. The number of nitrogens with zero attached hydrogens (tertiary/aromatic N) is 2. The molecule has 0 radical (unpaired) electrons. The highest BCUT2D eigenvalue weighted by Crippen LogP contribution is 2.20. The van der Waals surface area contributed by atoms with Gasteiger partial charge in [-0.2, -0.15) is 0 Å². The largest absolute Gasteiger partial charge is 0.365 e. The second-order valence-corrected chi connectivity index (χ2v) is 4.33. The van der Waals surface area contributed by atoms with Crippen LogP contribution in [-0.2, 0) is 0 Å². The van der Waals surface area contributed by atoms with E-state index in [1.807, 2.05) is 19.9 Å². The fourth-order valence-electron chi connectivity index (χ4n) is 1.52. The summed E-state index contributed by atoms with van der Waals surface area (Å²) in [7, 11) is 0. The molecule has 0 saturated carbocycles. The third-order valence-electron chi connectivity index (χ3n) is 2.96. The Morgan fingerprint density at radius 1 is 1.20 bits per heavy atom. The average Bonchev–Trinajstić information content (AvgIpc) is 2.16. The monoisotopic (exact) mass is 207 g/mol. The van der Waals surface area contributed by atoms with Crippen molar-refractivity contribution in [1.29, 1.82) is 0 Å². The summed E-state index contributed by atoms with van der Waals surface area (Å²) in [6.45, 7) is 10.5. The molecule has 1 aromatic rings. The molecule has 0 aliphatic heterocycles. The third kappa shape index (κ3) is 3.18. The van der Waals surface area contributed by atoms with E-state index in [0.29, 0.717) is 0 Å². The van der Waals surface area contributed by atoms with Crippen LogP contribution < -0.4 is 5.32 Å². The van der Waals surface area contributed by atoms with Crippen LogP contribution in [0.4, 0.5) is 5.82 Å². The summed E-state index contributed by atoms with van der Waals surface area (Å²) in [5.74, 6) is 1.76. The van der Waals surface area contributed by atoms with Gasteiger partial charge in [-0.1, -0.05) is 13.8 Å². The van der Waals surface area contributed by atoms with Crippen molar-refractivity contribution in [2.45, 2.75) is 53.0 Å². The fourth-order valence-corrected chi connectivity index (χ4v) is 1.52. The Hall–Kier alpha value is -1.12. The lowest BCUT2D eigenvalue weighted by Crippen LogP contribution is -2.33. The van der Waals surface area contributed by atoms with Crippen molar-refractivity contribution < 1.29 is 0 Å². The number of hydrogen-bond donors (Lipinski definition) is 1. The van der Waals surface area contributed by atoms with E-state index in [-0.39, 0.29) is 5.54 Å². The second kappa shape index (κ2) is 4.60. The number of aryl methyl sites for hydroxylation is 2. The van der Waals surface area contributed by atoms with Gasteiger partial charge in [0.1, 0.15) is 11.6 Å². The summed E-state index contributed by atoms with van der Waals surface area (Å²) in [6, 6.07) is 2.00. The zero-order chi connectivity index (χ0) is 11.5. The van der Waals surface area contributed by atoms with Gasteiger partial charge in [0.2, 0.25) is 0 Å². The Bertz CT molecular complexity index is 309. The maximum absolute atomic E-state index is 4.39. The molecule has 1 N–H and O–H groups in total. The quantitative estimate of drug-likeness (QED) is 0.824. The maximum Gasteiger partial charge on any atom is 0.130 e. The van der Waals surface area contributed by atoms with Gasteiger partial charge in [0.25, 0.3) is 0 Å². The van der Waals surface area contributed by atoms with E-state index in [0.717, 1.165) is 30.2 Å². The lowest BCUT2D eigenvalue weighted by Gasteiger charge is -2.29. The molecule has 0 spiro atoms. The molecule has 1 rings (SSSR count). The third-order valence-corrected chi connectivity index (χ3v) is 2.96. The van der Waals surface area contributed by atoms with Crippen molar-refractivity contribution in [3.8, 4) is 0 Å². The van der Waals surface area contributed by atoms with Crippen LogP contribution in [0.3, 0.4) is 0 Å². The van der Waals surface area contributed by atoms with Crippen LogP contribution in [0.25, 0.3) is 0 Å². The first-order chi connectivity index (χ1) is 6.99. The number of nitrogens with one attached hydrogen (secondary N) is 1. The van der Waals surface area contributed by atoms with E-state index in [2.05, 4.69) is 36.1 Å². The zero-order valence-corrected chi connectivity index (χ0v) is 10.4. The van der Waals surface area contributed by atoms with Gasteiger partial charge in [-0.25, -0.2) is 9.97 Å². The van der Waals surface area contributed by atoms with Gasteiger partial charge < -0.3 is 5.32 Å². The SMILES string of the molecule is CCC(C)(CC)Nc1cc(C)nc(C)n1. The number of aromatic nitrogens is 2. The van der Waals surface area contributed by atoms with Crippen molar-refractivity contribution >= 4 is 5.82 Å². The Morgan fingerprint density at radius 3 is 2.27 bits per heavy atom. The van der Waals surface area contributed by atoms with Crippen molar-refractivity contribution in [2.24, 2.45) is 0 Å². The molecule has 0 bridgehead atoms. The molecule has 3 heteroatoms. The predicted molar refractivity (Wildman–Crippen MR) is 64.1 cm³/mol. The highest BCUT2D eigenvalue weighted by atomic mass is 15.1. The van der Waals surface area contributed by atoms with Gasteiger partial charge in [-0.15, -0.1) is 0 Å². The van der Waals surface area contributed by atoms with Crippen LogP contribution in [-0.4, -0.2) is 15.5 Å². The topological polar surface area (TPSA) is 37.8 Å². The highest BCUT2D eigenvalue weighted by Gasteiger charge is 2.19. The Labute approximate surface area is 92.3 Å². The summed E-state index contributed by atoms with van der Waals surface area (Å²) in [6.07, 6.45) is 2.18. The molecular weight excluding hydrogens is 186 g/mol. The number of rotatable bonds is 4. The smallest absolute Gasteiger partial charge is 0.130 e.